The van der Waals surface area contributed by atoms with Crippen LogP contribution in [0.25, 0.3) is 0 Å². The molecule has 88 valence electrons. The van der Waals surface area contributed by atoms with Crippen LogP contribution in [0.1, 0.15) is 18.1 Å². The maximum absolute atomic E-state index is 10.6. The van der Waals surface area contributed by atoms with Crippen LogP contribution in [0.2, 0.25) is 0 Å². The van der Waals surface area contributed by atoms with E-state index < -0.39 is 0 Å². The zero-order chi connectivity index (χ0) is 12.2. The van der Waals surface area contributed by atoms with E-state index in [-0.39, 0.29) is 5.97 Å². The van der Waals surface area contributed by atoms with Crippen molar-refractivity contribution in [2.75, 3.05) is 21.1 Å². The molecule has 3 nitrogen and oxygen atoms in total. The van der Waals surface area contributed by atoms with Crippen LogP contribution in [0.4, 0.5) is 0 Å². The van der Waals surface area contributed by atoms with E-state index in [4.69, 9.17) is 4.74 Å². The minimum atomic E-state index is -0.240. The highest BCUT2D eigenvalue weighted by Gasteiger charge is 2.08. The Morgan fingerprint density at radius 2 is 1.62 bits per heavy atom. The molecule has 0 amide bonds. The van der Waals surface area contributed by atoms with E-state index in [1.807, 2.05) is 12.1 Å². The minimum Gasteiger partial charge on any atom is -0.461 e. The summed E-state index contributed by atoms with van der Waals surface area (Å²) >= 11 is 0. The van der Waals surface area contributed by atoms with E-state index in [1.54, 1.807) is 0 Å². The summed E-state index contributed by atoms with van der Waals surface area (Å²) in [6.45, 7) is 2.78. The number of esters is 1. The van der Waals surface area contributed by atoms with Crippen LogP contribution in [0.5, 0.6) is 0 Å². The second-order valence-corrected chi connectivity index (χ2v) is 5.05. The summed E-state index contributed by atoms with van der Waals surface area (Å²) in [6.07, 6.45) is 0. The van der Waals surface area contributed by atoms with Gasteiger partial charge in [-0.1, -0.05) is 24.3 Å². The SMILES string of the molecule is CC(=O)OCc1ccc(C[N+](C)(C)C)cc1. The molecule has 0 heterocycles. The number of carbonyl (C=O) groups is 1. The highest BCUT2D eigenvalue weighted by atomic mass is 16.5. The van der Waals surface area contributed by atoms with Gasteiger partial charge < -0.3 is 9.22 Å². The molecule has 0 spiro atoms. The molecular weight excluding hydrogens is 202 g/mol. The van der Waals surface area contributed by atoms with Crippen molar-refractivity contribution in [3.8, 4) is 0 Å². The number of benzene rings is 1. The van der Waals surface area contributed by atoms with Gasteiger partial charge in [0.2, 0.25) is 0 Å². The highest BCUT2D eigenvalue weighted by molar-refractivity contribution is 5.65. The molecule has 0 saturated carbocycles. The van der Waals surface area contributed by atoms with Gasteiger partial charge >= 0.3 is 5.97 Å². The molecule has 1 aromatic carbocycles. The molecule has 16 heavy (non-hydrogen) atoms. The summed E-state index contributed by atoms with van der Waals surface area (Å²) in [4.78, 5) is 10.6. The van der Waals surface area contributed by atoms with E-state index in [0.29, 0.717) is 6.61 Å². The molecule has 0 aromatic heterocycles. The molecule has 0 aliphatic carbocycles. The van der Waals surface area contributed by atoms with Crippen molar-refractivity contribution in [1.82, 2.24) is 0 Å². The number of carbonyl (C=O) groups excluding carboxylic acids is 1. The third-order valence-electron chi connectivity index (χ3n) is 2.12. The van der Waals surface area contributed by atoms with Gasteiger partial charge in [0.15, 0.2) is 0 Å². The first-order valence-corrected chi connectivity index (χ1v) is 5.38. The predicted molar refractivity (Wildman–Crippen MR) is 63.6 cm³/mol. The Hall–Kier alpha value is -1.35. The van der Waals surface area contributed by atoms with Gasteiger partial charge in [-0.25, -0.2) is 0 Å². The van der Waals surface area contributed by atoms with Gasteiger partial charge in [-0.15, -0.1) is 0 Å². The van der Waals surface area contributed by atoms with Crippen molar-refractivity contribution in [2.24, 2.45) is 0 Å². The molecular formula is C13H20NO2+. The van der Waals surface area contributed by atoms with Gasteiger partial charge in [-0.2, -0.15) is 0 Å². The van der Waals surface area contributed by atoms with Crippen molar-refractivity contribution in [2.45, 2.75) is 20.1 Å². The van der Waals surface area contributed by atoms with Gasteiger partial charge in [-0.05, 0) is 5.56 Å². The molecule has 0 aliphatic rings. The zero-order valence-electron chi connectivity index (χ0n) is 10.5. The fourth-order valence-corrected chi connectivity index (χ4v) is 1.47. The Bertz CT molecular complexity index is 349. The van der Waals surface area contributed by atoms with Gasteiger partial charge in [-0.3, -0.25) is 4.79 Å². The first kappa shape index (κ1) is 12.7. The lowest BCUT2D eigenvalue weighted by Gasteiger charge is -2.23. The zero-order valence-corrected chi connectivity index (χ0v) is 10.5. The molecule has 0 atom stereocenters. The molecule has 3 heteroatoms. The van der Waals surface area contributed by atoms with Crippen LogP contribution < -0.4 is 0 Å². The number of rotatable bonds is 4. The Morgan fingerprint density at radius 1 is 1.12 bits per heavy atom. The molecule has 0 unspecified atom stereocenters. The average Bonchev–Trinajstić information content (AvgIpc) is 2.14. The topological polar surface area (TPSA) is 26.3 Å². The second-order valence-electron chi connectivity index (χ2n) is 5.05. The molecule has 0 fully saturated rings. The van der Waals surface area contributed by atoms with Crippen LogP contribution >= 0.6 is 0 Å². The molecule has 1 aromatic rings. The van der Waals surface area contributed by atoms with E-state index in [9.17, 15) is 4.79 Å². The lowest BCUT2D eigenvalue weighted by atomic mass is 10.1. The Labute approximate surface area is 97.2 Å². The summed E-state index contributed by atoms with van der Waals surface area (Å²) < 4.78 is 5.83. The summed E-state index contributed by atoms with van der Waals surface area (Å²) in [5.74, 6) is -0.240. The normalized spacial score (nSPS) is 11.2. The average molecular weight is 222 g/mol. The van der Waals surface area contributed by atoms with E-state index in [0.717, 1.165) is 16.6 Å². The van der Waals surface area contributed by atoms with Crippen LogP contribution in [0.15, 0.2) is 24.3 Å². The Morgan fingerprint density at radius 3 is 2.06 bits per heavy atom. The fraction of sp³-hybridized carbons (Fsp3) is 0.462. The maximum atomic E-state index is 10.6. The molecule has 0 radical (unpaired) electrons. The smallest absolute Gasteiger partial charge is 0.302 e. The number of nitrogens with zero attached hydrogens (tertiary/aromatic N) is 1. The largest absolute Gasteiger partial charge is 0.461 e. The van der Waals surface area contributed by atoms with Crippen LogP contribution in [-0.4, -0.2) is 31.6 Å². The van der Waals surface area contributed by atoms with Gasteiger partial charge in [0.1, 0.15) is 13.2 Å². The lowest BCUT2D eigenvalue weighted by Crippen LogP contribution is -2.33. The summed E-state index contributed by atoms with van der Waals surface area (Å²) in [6, 6.07) is 8.19. The van der Waals surface area contributed by atoms with E-state index in [1.165, 1.54) is 12.5 Å². The monoisotopic (exact) mass is 222 g/mol. The first-order chi connectivity index (χ1) is 7.37. The fourth-order valence-electron chi connectivity index (χ4n) is 1.47. The van der Waals surface area contributed by atoms with Crippen molar-refractivity contribution < 1.29 is 14.0 Å². The third kappa shape index (κ3) is 4.94. The van der Waals surface area contributed by atoms with Crippen molar-refractivity contribution in [3.05, 3.63) is 35.4 Å². The number of quaternary nitrogens is 1. The minimum absolute atomic E-state index is 0.240. The molecule has 1 rings (SSSR count). The summed E-state index contributed by atoms with van der Waals surface area (Å²) in [5.41, 5.74) is 2.32. The Kier molecular flexibility index (Phi) is 4.07. The van der Waals surface area contributed by atoms with Crippen molar-refractivity contribution >= 4 is 5.97 Å². The number of hydrogen-bond donors (Lipinski definition) is 0. The number of ether oxygens (including phenoxy) is 1. The van der Waals surface area contributed by atoms with Crippen molar-refractivity contribution in [1.29, 1.82) is 0 Å². The van der Waals surface area contributed by atoms with Gasteiger partial charge in [0.05, 0.1) is 21.1 Å². The second kappa shape index (κ2) is 5.12. The summed E-state index contributed by atoms with van der Waals surface area (Å²) in [5, 5.41) is 0. The quantitative estimate of drug-likeness (QED) is 0.575. The third-order valence-corrected chi connectivity index (χ3v) is 2.12. The standard InChI is InChI=1S/C13H20NO2/c1-11(15)16-10-13-7-5-12(6-8-13)9-14(2,3)4/h5-8H,9-10H2,1-4H3/q+1. The van der Waals surface area contributed by atoms with Crippen LogP contribution in [0, 0.1) is 0 Å². The molecule has 0 aliphatic heterocycles. The molecule has 0 saturated heterocycles. The highest BCUT2D eigenvalue weighted by Crippen LogP contribution is 2.09. The van der Waals surface area contributed by atoms with Gasteiger partial charge in [0, 0.05) is 12.5 Å². The van der Waals surface area contributed by atoms with Crippen molar-refractivity contribution in [3.63, 3.8) is 0 Å². The molecule has 0 bridgehead atoms. The molecule has 0 N–H and O–H groups in total. The summed E-state index contributed by atoms with van der Waals surface area (Å²) in [7, 11) is 6.48. The number of hydrogen-bond acceptors (Lipinski definition) is 2. The van der Waals surface area contributed by atoms with E-state index >= 15 is 0 Å². The first-order valence-electron chi connectivity index (χ1n) is 5.38. The maximum Gasteiger partial charge on any atom is 0.302 e. The van der Waals surface area contributed by atoms with Gasteiger partial charge in [0.25, 0.3) is 0 Å². The lowest BCUT2D eigenvalue weighted by molar-refractivity contribution is -0.884. The predicted octanol–water partition coefficient (Wildman–Crippen LogP) is 1.96. The van der Waals surface area contributed by atoms with Crippen LogP contribution in [0.3, 0.4) is 0 Å². The van der Waals surface area contributed by atoms with Crippen LogP contribution in [-0.2, 0) is 22.7 Å². The van der Waals surface area contributed by atoms with E-state index in [2.05, 4.69) is 33.3 Å². The Balaban J connectivity index is 2.57.